The van der Waals surface area contributed by atoms with Gasteiger partial charge in [-0.05, 0) is 0 Å². The SMILES string of the molecule is COc1cc(C#C[Si](C)(C)C)cc(OC)n1. The lowest BCUT2D eigenvalue weighted by Gasteiger charge is -2.05. The summed E-state index contributed by atoms with van der Waals surface area (Å²) < 4.78 is 10.2. The highest BCUT2D eigenvalue weighted by Crippen LogP contribution is 2.16. The molecular formula is C12H17NO2Si. The van der Waals surface area contributed by atoms with E-state index in [4.69, 9.17) is 9.47 Å². The summed E-state index contributed by atoms with van der Waals surface area (Å²) in [4.78, 5) is 4.11. The number of hydrogen-bond donors (Lipinski definition) is 0. The lowest BCUT2D eigenvalue weighted by atomic mass is 10.3. The van der Waals surface area contributed by atoms with Gasteiger partial charge in [-0.25, -0.2) is 0 Å². The molecule has 0 aliphatic rings. The van der Waals surface area contributed by atoms with Gasteiger partial charge in [0.25, 0.3) is 0 Å². The minimum Gasteiger partial charge on any atom is -0.481 e. The number of rotatable bonds is 2. The number of aromatic nitrogens is 1. The molecule has 86 valence electrons. The molecule has 1 aromatic rings. The molecule has 0 saturated heterocycles. The van der Waals surface area contributed by atoms with Crippen LogP contribution in [0.25, 0.3) is 0 Å². The van der Waals surface area contributed by atoms with Crippen LogP contribution in [0.1, 0.15) is 5.56 Å². The molecule has 1 rings (SSSR count). The molecule has 0 aliphatic heterocycles. The van der Waals surface area contributed by atoms with Gasteiger partial charge in [-0.1, -0.05) is 25.6 Å². The average Bonchev–Trinajstić information content (AvgIpc) is 2.25. The van der Waals surface area contributed by atoms with Crippen LogP contribution in [0.4, 0.5) is 0 Å². The first-order valence-corrected chi connectivity index (χ1v) is 8.58. The summed E-state index contributed by atoms with van der Waals surface area (Å²) in [6.45, 7) is 6.61. The monoisotopic (exact) mass is 235 g/mol. The molecule has 16 heavy (non-hydrogen) atoms. The molecule has 0 spiro atoms. The Morgan fingerprint density at radius 3 is 1.94 bits per heavy atom. The van der Waals surface area contributed by atoms with E-state index in [2.05, 4.69) is 36.1 Å². The fraction of sp³-hybridized carbons (Fsp3) is 0.417. The summed E-state index contributed by atoms with van der Waals surface area (Å²) in [6.07, 6.45) is 0. The number of hydrogen-bond acceptors (Lipinski definition) is 3. The Morgan fingerprint density at radius 2 is 1.56 bits per heavy atom. The van der Waals surface area contributed by atoms with Crippen molar-refractivity contribution in [3.8, 4) is 23.2 Å². The second-order valence-electron chi connectivity index (χ2n) is 4.44. The van der Waals surface area contributed by atoms with Crippen molar-refractivity contribution in [3.05, 3.63) is 17.7 Å². The van der Waals surface area contributed by atoms with E-state index in [-0.39, 0.29) is 0 Å². The molecule has 0 radical (unpaired) electrons. The molecule has 0 saturated carbocycles. The van der Waals surface area contributed by atoms with Crippen molar-refractivity contribution < 1.29 is 9.47 Å². The van der Waals surface area contributed by atoms with Gasteiger partial charge < -0.3 is 9.47 Å². The van der Waals surface area contributed by atoms with E-state index in [0.717, 1.165) is 5.56 Å². The highest BCUT2D eigenvalue weighted by atomic mass is 28.3. The molecule has 0 fully saturated rings. The normalized spacial score (nSPS) is 10.3. The van der Waals surface area contributed by atoms with Crippen molar-refractivity contribution in [1.82, 2.24) is 4.98 Å². The minimum atomic E-state index is -1.36. The average molecular weight is 235 g/mol. The third-order valence-corrected chi connectivity index (χ3v) is 2.65. The number of pyridine rings is 1. The molecule has 0 bridgehead atoms. The van der Waals surface area contributed by atoms with Crippen LogP contribution >= 0.6 is 0 Å². The van der Waals surface area contributed by atoms with E-state index in [9.17, 15) is 0 Å². The Labute approximate surface area is 97.8 Å². The summed E-state index contributed by atoms with van der Waals surface area (Å²) in [6, 6.07) is 3.63. The molecule has 0 aliphatic carbocycles. The standard InChI is InChI=1S/C12H17NO2Si/c1-14-11-8-10(6-7-16(3,4)5)9-12(13-11)15-2/h8-9H,1-5H3. The van der Waals surface area contributed by atoms with Gasteiger partial charge in [0.1, 0.15) is 8.07 Å². The molecule has 1 aromatic heterocycles. The number of nitrogens with zero attached hydrogens (tertiary/aromatic N) is 1. The molecule has 0 amide bonds. The predicted octanol–water partition coefficient (Wildman–Crippen LogP) is 2.33. The van der Waals surface area contributed by atoms with Crippen molar-refractivity contribution in [2.24, 2.45) is 0 Å². The van der Waals surface area contributed by atoms with Crippen LogP contribution in [0.3, 0.4) is 0 Å². The maximum absolute atomic E-state index is 5.08. The zero-order chi connectivity index (χ0) is 12.2. The highest BCUT2D eigenvalue weighted by Gasteiger charge is 2.08. The molecule has 0 N–H and O–H groups in total. The van der Waals surface area contributed by atoms with Gasteiger partial charge in [-0.3, -0.25) is 0 Å². The largest absolute Gasteiger partial charge is 0.481 e. The maximum atomic E-state index is 5.08. The second-order valence-corrected chi connectivity index (χ2v) is 9.19. The zero-order valence-corrected chi connectivity index (χ0v) is 11.4. The van der Waals surface area contributed by atoms with Crippen molar-refractivity contribution in [1.29, 1.82) is 0 Å². The number of methoxy groups -OCH3 is 2. The maximum Gasteiger partial charge on any atom is 0.217 e. The van der Waals surface area contributed by atoms with E-state index in [1.54, 1.807) is 14.2 Å². The molecule has 4 heteroatoms. The van der Waals surface area contributed by atoms with Crippen LogP contribution in [-0.2, 0) is 0 Å². The Morgan fingerprint density at radius 1 is 1.06 bits per heavy atom. The summed E-state index contributed by atoms with van der Waals surface area (Å²) in [5, 5.41) is 0. The van der Waals surface area contributed by atoms with Gasteiger partial charge in [0.05, 0.1) is 14.2 Å². The fourth-order valence-electron chi connectivity index (χ4n) is 1.02. The predicted molar refractivity (Wildman–Crippen MR) is 67.6 cm³/mol. The second kappa shape index (κ2) is 5.04. The summed E-state index contributed by atoms with van der Waals surface area (Å²) in [7, 11) is 1.80. The van der Waals surface area contributed by atoms with Gasteiger partial charge in [-0.15, -0.1) is 5.54 Å². The molecule has 1 heterocycles. The summed E-state index contributed by atoms with van der Waals surface area (Å²) in [5.74, 6) is 4.20. The zero-order valence-electron chi connectivity index (χ0n) is 10.4. The first-order chi connectivity index (χ1) is 7.44. The third-order valence-electron chi connectivity index (χ3n) is 1.78. The van der Waals surface area contributed by atoms with E-state index in [1.165, 1.54) is 0 Å². The Kier molecular flexibility index (Phi) is 3.97. The van der Waals surface area contributed by atoms with Crippen molar-refractivity contribution in [3.63, 3.8) is 0 Å². The number of ether oxygens (including phenoxy) is 2. The molecular weight excluding hydrogens is 218 g/mol. The summed E-state index contributed by atoms with van der Waals surface area (Å²) >= 11 is 0. The lowest BCUT2D eigenvalue weighted by Crippen LogP contribution is -2.16. The van der Waals surface area contributed by atoms with Gasteiger partial charge >= 0.3 is 0 Å². The van der Waals surface area contributed by atoms with E-state index in [0.29, 0.717) is 11.8 Å². The van der Waals surface area contributed by atoms with Gasteiger partial charge in [-0.2, -0.15) is 4.98 Å². The molecule has 0 atom stereocenters. The van der Waals surface area contributed by atoms with Crippen LogP contribution in [0, 0.1) is 11.5 Å². The smallest absolute Gasteiger partial charge is 0.217 e. The fourth-order valence-corrected chi connectivity index (χ4v) is 1.54. The van der Waals surface area contributed by atoms with Crippen molar-refractivity contribution >= 4 is 8.07 Å². The van der Waals surface area contributed by atoms with Crippen molar-refractivity contribution in [2.45, 2.75) is 19.6 Å². The Balaban J connectivity index is 3.07. The first kappa shape index (κ1) is 12.6. The van der Waals surface area contributed by atoms with Crippen LogP contribution in [0.5, 0.6) is 11.8 Å². The first-order valence-electron chi connectivity index (χ1n) is 5.08. The van der Waals surface area contributed by atoms with E-state index < -0.39 is 8.07 Å². The van der Waals surface area contributed by atoms with Crippen molar-refractivity contribution in [2.75, 3.05) is 14.2 Å². The highest BCUT2D eigenvalue weighted by molar-refractivity contribution is 6.83. The molecule has 0 unspecified atom stereocenters. The topological polar surface area (TPSA) is 31.4 Å². The lowest BCUT2D eigenvalue weighted by molar-refractivity contribution is 0.364. The van der Waals surface area contributed by atoms with Crippen LogP contribution < -0.4 is 9.47 Å². The quantitative estimate of drug-likeness (QED) is 0.582. The van der Waals surface area contributed by atoms with E-state index >= 15 is 0 Å². The van der Waals surface area contributed by atoms with E-state index in [1.807, 2.05) is 12.1 Å². The Bertz CT molecular complexity index is 405. The molecule has 3 nitrogen and oxygen atoms in total. The Hall–Kier alpha value is -1.47. The minimum absolute atomic E-state index is 0.527. The summed E-state index contributed by atoms with van der Waals surface area (Å²) in [5.41, 5.74) is 4.17. The van der Waals surface area contributed by atoms with Crippen LogP contribution in [-0.4, -0.2) is 27.3 Å². The van der Waals surface area contributed by atoms with Crippen LogP contribution in [0.2, 0.25) is 19.6 Å². The van der Waals surface area contributed by atoms with Crippen LogP contribution in [0.15, 0.2) is 12.1 Å². The molecule has 0 aromatic carbocycles. The van der Waals surface area contributed by atoms with Gasteiger partial charge in [0, 0.05) is 17.7 Å². The third kappa shape index (κ3) is 3.95. The van der Waals surface area contributed by atoms with Gasteiger partial charge in [0.15, 0.2) is 0 Å². The van der Waals surface area contributed by atoms with Gasteiger partial charge in [0.2, 0.25) is 11.8 Å².